The number of benzene rings is 2. The summed E-state index contributed by atoms with van der Waals surface area (Å²) in [5, 5.41) is 8.47. The van der Waals surface area contributed by atoms with Gasteiger partial charge in [-0.2, -0.15) is 0 Å². The predicted molar refractivity (Wildman–Crippen MR) is 101 cm³/mol. The molecule has 2 aromatic carbocycles. The number of H-pyrrole nitrogens is 1. The van der Waals surface area contributed by atoms with E-state index in [0.29, 0.717) is 16.5 Å². The van der Waals surface area contributed by atoms with Gasteiger partial charge in [-0.05, 0) is 35.7 Å². The van der Waals surface area contributed by atoms with Crippen molar-refractivity contribution in [3.8, 4) is 0 Å². The Morgan fingerprint density at radius 3 is 2.76 bits per heavy atom. The summed E-state index contributed by atoms with van der Waals surface area (Å²) < 4.78 is 0. The van der Waals surface area contributed by atoms with E-state index < -0.39 is 0 Å². The summed E-state index contributed by atoms with van der Waals surface area (Å²) in [4.78, 5) is 15.8. The first-order chi connectivity index (χ1) is 12.1. The molecule has 1 aromatic heterocycles. The molecule has 2 heterocycles. The van der Waals surface area contributed by atoms with Crippen LogP contribution in [0.4, 0.5) is 0 Å². The number of halogens is 2. The number of aromatic amines is 1. The molecule has 4 nitrogen and oxygen atoms in total. The van der Waals surface area contributed by atoms with Crippen molar-refractivity contribution in [2.75, 3.05) is 7.05 Å². The minimum Gasteiger partial charge on any atom is -0.358 e. The number of amides is 1. The Balaban J connectivity index is 1.90. The van der Waals surface area contributed by atoms with E-state index in [0.717, 1.165) is 27.7 Å². The summed E-state index contributed by atoms with van der Waals surface area (Å²) in [5.74, 6) is -0.0361. The van der Waals surface area contributed by atoms with E-state index >= 15 is 0 Å². The van der Waals surface area contributed by atoms with Gasteiger partial charge in [0.2, 0.25) is 5.91 Å². The van der Waals surface area contributed by atoms with Gasteiger partial charge in [0.05, 0.1) is 12.1 Å². The molecular weight excluding hydrogens is 357 g/mol. The van der Waals surface area contributed by atoms with Crippen LogP contribution in [0.15, 0.2) is 42.5 Å². The molecule has 0 aliphatic carbocycles. The molecule has 3 N–H and O–H groups in total. The molecule has 1 amide bonds. The lowest BCUT2D eigenvalue weighted by Crippen LogP contribution is -2.49. The molecule has 4 rings (SSSR count). The monoisotopic (exact) mass is 373 g/mol. The molecule has 0 unspecified atom stereocenters. The fourth-order valence-corrected chi connectivity index (χ4v) is 4.08. The summed E-state index contributed by atoms with van der Waals surface area (Å²) >= 11 is 12.5. The lowest BCUT2D eigenvalue weighted by atomic mass is 9.90. The third kappa shape index (κ3) is 2.80. The molecule has 6 heteroatoms. The Bertz CT molecular complexity index is 966. The predicted octanol–water partition coefficient (Wildman–Crippen LogP) is 3.82. The lowest BCUT2D eigenvalue weighted by Gasteiger charge is -2.31. The molecule has 0 spiro atoms. The molecule has 25 heavy (non-hydrogen) atoms. The molecule has 1 aliphatic rings. The summed E-state index contributed by atoms with van der Waals surface area (Å²) in [6.45, 7) is 0. The SMILES string of the molecule is CNC(=O)[C@@H]1Cc2c([nH]c3ccccc23)[C@@H](c2ccc(Cl)cc2Cl)N1. The maximum Gasteiger partial charge on any atom is 0.237 e. The summed E-state index contributed by atoms with van der Waals surface area (Å²) in [5.41, 5.74) is 4.15. The number of carbonyl (C=O) groups is 1. The van der Waals surface area contributed by atoms with Gasteiger partial charge in [0.25, 0.3) is 0 Å². The molecule has 3 aromatic rings. The van der Waals surface area contributed by atoms with Crippen LogP contribution >= 0.6 is 23.2 Å². The van der Waals surface area contributed by atoms with Crippen LogP contribution in [-0.2, 0) is 11.2 Å². The third-order valence-corrected chi connectivity index (χ3v) is 5.31. The van der Waals surface area contributed by atoms with Crippen molar-refractivity contribution in [2.45, 2.75) is 18.5 Å². The maximum absolute atomic E-state index is 12.3. The van der Waals surface area contributed by atoms with Crippen LogP contribution < -0.4 is 10.6 Å². The van der Waals surface area contributed by atoms with Crippen molar-refractivity contribution < 1.29 is 4.79 Å². The molecule has 0 bridgehead atoms. The lowest BCUT2D eigenvalue weighted by molar-refractivity contribution is -0.122. The number of hydrogen-bond acceptors (Lipinski definition) is 2. The Kier molecular flexibility index (Phi) is 4.20. The average molecular weight is 374 g/mol. The molecule has 0 saturated carbocycles. The quantitative estimate of drug-likeness (QED) is 0.639. The highest BCUT2D eigenvalue weighted by atomic mass is 35.5. The number of nitrogens with one attached hydrogen (secondary N) is 3. The second-order valence-electron chi connectivity index (χ2n) is 6.20. The summed E-state index contributed by atoms with van der Waals surface area (Å²) in [6, 6.07) is 13.1. The number of hydrogen-bond donors (Lipinski definition) is 3. The van der Waals surface area contributed by atoms with Crippen LogP contribution in [0.1, 0.15) is 22.9 Å². The van der Waals surface area contributed by atoms with Crippen molar-refractivity contribution in [1.82, 2.24) is 15.6 Å². The van der Waals surface area contributed by atoms with Crippen LogP contribution in [-0.4, -0.2) is 24.0 Å². The van der Waals surface area contributed by atoms with E-state index in [1.165, 1.54) is 0 Å². The van der Waals surface area contributed by atoms with E-state index in [1.54, 1.807) is 13.1 Å². The van der Waals surface area contributed by atoms with Crippen LogP contribution in [0, 0.1) is 0 Å². The minimum absolute atomic E-state index is 0.0361. The number of carbonyl (C=O) groups excluding carboxylic acids is 1. The molecule has 0 radical (unpaired) electrons. The van der Waals surface area contributed by atoms with E-state index in [1.807, 2.05) is 30.3 Å². The normalized spacial score (nSPS) is 19.6. The minimum atomic E-state index is -0.326. The van der Waals surface area contributed by atoms with Crippen molar-refractivity contribution in [2.24, 2.45) is 0 Å². The molecular formula is C19H17Cl2N3O. The van der Waals surface area contributed by atoms with E-state index in [9.17, 15) is 4.79 Å². The van der Waals surface area contributed by atoms with E-state index in [2.05, 4.69) is 21.7 Å². The van der Waals surface area contributed by atoms with Gasteiger partial charge in [-0.25, -0.2) is 0 Å². The smallest absolute Gasteiger partial charge is 0.237 e. The van der Waals surface area contributed by atoms with Crippen molar-refractivity contribution in [1.29, 1.82) is 0 Å². The van der Waals surface area contributed by atoms with Gasteiger partial charge in [-0.3, -0.25) is 10.1 Å². The highest BCUT2D eigenvalue weighted by Gasteiger charge is 2.34. The van der Waals surface area contributed by atoms with Gasteiger partial charge in [-0.1, -0.05) is 47.5 Å². The average Bonchev–Trinajstić information content (AvgIpc) is 2.99. The second kappa shape index (κ2) is 6.37. The third-order valence-electron chi connectivity index (χ3n) is 4.75. The van der Waals surface area contributed by atoms with Gasteiger partial charge in [0.1, 0.15) is 0 Å². The molecule has 2 atom stereocenters. The molecule has 1 aliphatic heterocycles. The van der Waals surface area contributed by atoms with Gasteiger partial charge in [0, 0.05) is 33.7 Å². The van der Waals surface area contributed by atoms with Gasteiger partial charge >= 0.3 is 0 Å². The fraction of sp³-hybridized carbons (Fsp3) is 0.211. The van der Waals surface area contributed by atoms with Crippen molar-refractivity contribution in [3.63, 3.8) is 0 Å². The van der Waals surface area contributed by atoms with Crippen LogP contribution in [0.3, 0.4) is 0 Å². The zero-order chi connectivity index (χ0) is 17.6. The summed E-state index contributed by atoms with van der Waals surface area (Å²) in [7, 11) is 1.65. The van der Waals surface area contributed by atoms with E-state index in [4.69, 9.17) is 23.2 Å². The van der Waals surface area contributed by atoms with Crippen LogP contribution in [0.5, 0.6) is 0 Å². The fourth-order valence-electron chi connectivity index (χ4n) is 3.56. The summed E-state index contributed by atoms with van der Waals surface area (Å²) in [6.07, 6.45) is 0.626. The Morgan fingerprint density at radius 2 is 2.00 bits per heavy atom. The highest BCUT2D eigenvalue weighted by Crippen LogP contribution is 2.38. The number of aromatic nitrogens is 1. The topological polar surface area (TPSA) is 56.9 Å². The number of para-hydroxylation sites is 1. The molecule has 0 fully saturated rings. The molecule has 128 valence electrons. The maximum atomic E-state index is 12.3. The second-order valence-corrected chi connectivity index (χ2v) is 7.04. The number of likely N-dealkylation sites (N-methyl/N-ethyl adjacent to an activating group) is 1. The van der Waals surface area contributed by atoms with Crippen LogP contribution in [0.25, 0.3) is 10.9 Å². The molecule has 0 saturated heterocycles. The Hall–Kier alpha value is -2.01. The van der Waals surface area contributed by atoms with Gasteiger partial charge < -0.3 is 10.3 Å². The zero-order valence-corrected chi connectivity index (χ0v) is 15.1. The number of rotatable bonds is 2. The first-order valence-corrected chi connectivity index (χ1v) is 8.86. The van der Waals surface area contributed by atoms with Gasteiger partial charge in [0.15, 0.2) is 0 Å². The van der Waals surface area contributed by atoms with E-state index in [-0.39, 0.29) is 18.0 Å². The first-order valence-electron chi connectivity index (χ1n) is 8.10. The van der Waals surface area contributed by atoms with Crippen LogP contribution in [0.2, 0.25) is 10.0 Å². The standard InChI is InChI=1S/C19H17Cl2N3O/c1-22-19(25)16-9-13-11-4-2-3-5-15(11)23-18(13)17(24-16)12-7-6-10(20)8-14(12)21/h2-8,16-17,23-24H,9H2,1H3,(H,22,25)/t16-,17+/m0/s1. The Labute approximate surface area is 155 Å². The largest absolute Gasteiger partial charge is 0.358 e. The number of fused-ring (bicyclic) bond motifs is 3. The Morgan fingerprint density at radius 1 is 1.20 bits per heavy atom. The van der Waals surface area contributed by atoms with Crippen molar-refractivity contribution in [3.05, 3.63) is 69.3 Å². The zero-order valence-electron chi connectivity index (χ0n) is 13.6. The van der Waals surface area contributed by atoms with Crippen molar-refractivity contribution >= 4 is 40.0 Å². The highest BCUT2D eigenvalue weighted by molar-refractivity contribution is 6.35. The van der Waals surface area contributed by atoms with Gasteiger partial charge in [-0.15, -0.1) is 0 Å². The first kappa shape index (κ1) is 16.5.